The van der Waals surface area contributed by atoms with Crippen molar-refractivity contribution in [1.29, 1.82) is 0 Å². The van der Waals surface area contributed by atoms with Crippen molar-refractivity contribution < 1.29 is 9.53 Å². The molecule has 4 aromatic rings. The van der Waals surface area contributed by atoms with Gasteiger partial charge in [0.25, 0.3) is 0 Å². The maximum absolute atomic E-state index is 12.6. The topological polar surface area (TPSA) is 69.0 Å². The molecule has 4 rings (SSSR count). The van der Waals surface area contributed by atoms with Crippen molar-refractivity contribution in [3.63, 3.8) is 0 Å². The fourth-order valence-corrected chi connectivity index (χ4v) is 4.06. The number of ether oxygens (including phenoxy) is 1. The van der Waals surface area contributed by atoms with Crippen molar-refractivity contribution in [2.24, 2.45) is 0 Å². The average molecular weight is 465 g/mol. The van der Waals surface area contributed by atoms with Gasteiger partial charge in [-0.2, -0.15) is 0 Å². The zero-order valence-electron chi connectivity index (χ0n) is 17.6. The molecule has 0 atom stereocenters. The number of nitrogens with zero attached hydrogens (tertiary/aromatic N) is 3. The average Bonchev–Trinajstić information content (AvgIpc) is 3.22. The Morgan fingerprint density at radius 2 is 1.84 bits per heavy atom. The molecule has 0 saturated heterocycles. The lowest BCUT2D eigenvalue weighted by molar-refractivity contribution is -0.113. The third-order valence-corrected chi connectivity index (χ3v) is 5.86. The van der Waals surface area contributed by atoms with Crippen LogP contribution in [0.3, 0.4) is 0 Å². The summed E-state index contributed by atoms with van der Waals surface area (Å²) in [5.41, 5.74) is 3.61. The smallest absolute Gasteiger partial charge is 0.234 e. The van der Waals surface area contributed by atoms with Gasteiger partial charge in [-0.15, -0.1) is 10.2 Å². The van der Waals surface area contributed by atoms with Crippen LogP contribution in [0.15, 0.2) is 78.0 Å². The van der Waals surface area contributed by atoms with Gasteiger partial charge >= 0.3 is 0 Å². The molecule has 162 valence electrons. The monoisotopic (exact) mass is 464 g/mol. The molecule has 0 saturated carbocycles. The zero-order chi connectivity index (χ0) is 22.5. The number of hydrogen-bond donors (Lipinski definition) is 1. The molecular formula is C24H21ClN4O2S. The zero-order valence-corrected chi connectivity index (χ0v) is 19.2. The van der Waals surface area contributed by atoms with E-state index < -0.39 is 0 Å². The van der Waals surface area contributed by atoms with Gasteiger partial charge in [-0.1, -0.05) is 53.2 Å². The normalized spacial score (nSPS) is 10.7. The van der Waals surface area contributed by atoms with Gasteiger partial charge < -0.3 is 10.1 Å². The first-order chi connectivity index (χ1) is 15.5. The van der Waals surface area contributed by atoms with E-state index in [1.165, 1.54) is 11.8 Å². The van der Waals surface area contributed by atoms with Gasteiger partial charge in [-0.05, 0) is 49.4 Å². The summed E-state index contributed by atoms with van der Waals surface area (Å²) in [5.74, 6) is 1.41. The molecule has 0 fully saturated rings. The largest absolute Gasteiger partial charge is 0.497 e. The van der Waals surface area contributed by atoms with Crippen molar-refractivity contribution in [2.75, 3.05) is 18.2 Å². The second-order valence-corrected chi connectivity index (χ2v) is 8.44. The van der Waals surface area contributed by atoms with Gasteiger partial charge in [0.05, 0.1) is 12.9 Å². The quantitative estimate of drug-likeness (QED) is 0.359. The van der Waals surface area contributed by atoms with Crippen molar-refractivity contribution in [2.45, 2.75) is 12.1 Å². The lowest BCUT2D eigenvalue weighted by Crippen LogP contribution is -2.14. The Kier molecular flexibility index (Phi) is 6.78. The minimum absolute atomic E-state index is 0.147. The first-order valence-corrected chi connectivity index (χ1v) is 11.2. The van der Waals surface area contributed by atoms with Crippen LogP contribution in [-0.4, -0.2) is 33.5 Å². The number of carbonyl (C=O) groups is 1. The van der Waals surface area contributed by atoms with E-state index in [2.05, 4.69) is 21.6 Å². The Balaban J connectivity index is 1.59. The molecule has 0 unspecified atom stereocenters. The molecule has 0 radical (unpaired) electrons. The molecule has 0 spiro atoms. The summed E-state index contributed by atoms with van der Waals surface area (Å²) in [7, 11) is 1.59. The number of methoxy groups -OCH3 is 1. The minimum Gasteiger partial charge on any atom is -0.497 e. The standard InChI is InChI=1S/C24H21ClN4O2S/c1-16-5-3-6-17(13-16)23-27-28-24(29(23)20-11-9-18(25)10-12-20)32-15-22(30)26-19-7-4-8-21(14-19)31-2/h3-14H,15H2,1-2H3,(H,26,30). The van der Waals surface area contributed by atoms with E-state index in [-0.39, 0.29) is 11.7 Å². The fourth-order valence-electron chi connectivity index (χ4n) is 3.19. The van der Waals surface area contributed by atoms with Crippen LogP contribution >= 0.6 is 23.4 Å². The van der Waals surface area contributed by atoms with Crippen LogP contribution in [0.4, 0.5) is 5.69 Å². The molecule has 0 bridgehead atoms. The van der Waals surface area contributed by atoms with Crippen LogP contribution < -0.4 is 10.1 Å². The molecule has 0 aliphatic rings. The number of benzene rings is 3. The van der Waals surface area contributed by atoms with Gasteiger partial charge in [-0.3, -0.25) is 9.36 Å². The molecule has 32 heavy (non-hydrogen) atoms. The third kappa shape index (κ3) is 5.12. The van der Waals surface area contributed by atoms with Crippen LogP contribution in [0.5, 0.6) is 5.75 Å². The highest BCUT2D eigenvalue weighted by molar-refractivity contribution is 7.99. The maximum Gasteiger partial charge on any atom is 0.234 e. The van der Waals surface area contributed by atoms with Crippen molar-refractivity contribution in [3.05, 3.63) is 83.4 Å². The molecule has 1 amide bonds. The van der Waals surface area contributed by atoms with Crippen LogP contribution in [0.2, 0.25) is 5.02 Å². The number of halogens is 1. The SMILES string of the molecule is COc1cccc(NC(=O)CSc2nnc(-c3cccc(C)c3)n2-c2ccc(Cl)cc2)c1. The first kappa shape index (κ1) is 21.9. The molecule has 6 nitrogen and oxygen atoms in total. The number of thioether (sulfide) groups is 1. The van der Waals surface area contributed by atoms with E-state index in [0.29, 0.717) is 27.4 Å². The van der Waals surface area contributed by atoms with Crippen molar-refractivity contribution in [3.8, 4) is 22.8 Å². The van der Waals surface area contributed by atoms with Crippen LogP contribution in [-0.2, 0) is 4.79 Å². The number of carbonyl (C=O) groups excluding carboxylic acids is 1. The van der Waals surface area contributed by atoms with Gasteiger partial charge in [0, 0.05) is 28.0 Å². The number of aryl methyl sites for hydroxylation is 1. The van der Waals surface area contributed by atoms with Gasteiger partial charge in [0.15, 0.2) is 11.0 Å². The highest BCUT2D eigenvalue weighted by Crippen LogP contribution is 2.29. The maximum atomic E-state index is 12.6. The number of amides is 1. The van der Waals surface area contributed by atoms with E-state index in [4.69, 9.17) is 16.3 Å². The van der Waals surface area contributed by atoms with E-state index in [0.717, 1.165) is 16.8 Å². The summed E-state index contributed by atoms with van der Waals surface area (Å²) in [5, 5.41) is 12.9. The molecule has 1 aromatic heterocycles. The first-order valence-electron chi connectivity index (χ1n) is 9.88. The van der Waals surface area contributed by atoms with E-state index in [1.807, 2.05) is 72.2 Å². The van der Waals surface area contributed by atoms with Crippen LogP contribution in [0.1, 0.15) is 5.56 Å². The summed E-state index contributed by atoms with van der Waals surface area (Å²) in [6, 6.07) is 22.8. The lowest BCUT2D eigenvalue weighted by Gasteiger charge is -2.11. The number of aromatic nitrogens is 3. The Labute approximate surface area is 195 Å². The third-order valence-electron chi connectivity index (χ3n) is 4.68. The van der Waals surface area contributed by atoms with Crippen LogP contribution in [0, 0.1) is 6.92 Å². The Morgan fingerprint density at radius 1 is 1.06 bits per heavy atom. The Morgan fingerprint density at radius 3 is 2.59 bits per heavy atom. The Bertz CT molecular complexity index is 1240. The van der Waals surface area contributed by atoms with E-state index in [1.54, 1.807) is 13.2 Å². The van der Waals surface area contributed by atoms with E-state index in [9.17, 15) is 4.79 Å². The number of hydrogen-bond acceptors (Lipinski definition) is 5. The molecule has 0 aliphatic carbocycles. The lowest BCUT2D eigenvalue weighted by atomic mass is 10.1. The molecule has 0 aliphatic heterocycles. The second-order valence-electron chi connectivity index (χ2n) is 7.06. The summed E-state index contributed by atoms with van der Waals surface area (Å²) in [6.45, 7) is 2.03. The summed E-state index contributed by atoms with van der Waals surface area (Å²) < 4.78 is 7.14. The van der Waals surface area contributed by atoms with Crippen molar-refractivity contribution >= 4 is 35.0 Å². The fraction of sp³-hybridized carbons (Fsp3) is 0.125. The predicted molar refractivity (Wildman–Crippen MR) is 129 cm³/mol. The van der Waals surface area contributed by atoms with Gasteiger partial charge in [-0.25, -0.2) is 0 Å². The summed E-state index contributed by atoms with van der Waals surface area (Å²) in [4.78, 5) is 12.6. The Hall–Kier alpha value is -3.29. The molecule has 3 aromatic carbocycles. The molecular weight excluding hydrogens is 444 g/mol. The summed E-state index contributed by atoms with van der Waals surface area (Å²) >= 11 is 7.40. The molecule has 8 heteroatoms. The number of nitrogens with one attached hydrogen (secondary N) is 1. The highest BCUT2D eigenvalue weighted by atomic mass is 35.5. The molecule has 1 heterocycles. The summed E-state index contributed by atoms with van der Waals surface area (Å²) in [6.07, 6.45) is 0. The van der Waals surface area contributed by atoms with Gasteiger partial charge in [0.1, 0.15) is 5.75 Å². The number of anilines is 1. The second kappa shape index (κ2) is 9.89. The van der Waals surface area contributed by atoms with Crippen LogP contribution in [0.25, 0.3) is 17.1 Å². The van der Waals surface area contributed by atoms with Gasteiger partial charge in [0.2, 0.25) is 5.91 Å². The molecule has 1 N–H and O–H groups in total. The van der Waals surface area contributed by atoms with E-state index >= 15 is 0 Å². The highest BCUT2D eigenvalue weighted by Gasteiger charge is 2.17. The minimum atomic E-state index is -0.147. The van der Waals surface area contributed by atoms with Crippen molar-refractivity contribution in [1.82, 2.24) is 14.8 Å². The predicted octanol–water partition coefficient (Wildman–Crippen LogP) is 5.64. The number of rotatable bonds is 7.